The van der Waals surface area contributed by atoms with Gasteiger partial charge in [0.05, 0.1) is 0 Å². The third-order valence-corrected chi connectivity index (χ3v) is 2.67. The first-order valence-corrected chi connectivity index (χ1v) is 7.17. The average Bonchev–Trinajstić information content (AvgIpc) is 2.37. The Kier molecular flexibility index (Phi) is 13.5. The minimum atomic E-state index is 0.982. The van der Waals surface area contributed by atoms with Crippen LogP contribution >= 0.6 is 0 Å². The largest absolute Gasteiger partial charge is 0.317 e. The summed E-state index contributed by atoms with van der Waals surface area (Å²) in [5, 5.41) is 6.89. The van der Waals surface area contributed by atoms with Gasteiger partial charge in [-0.15, -0.1) is 0 Å². The molecule has 0 bridgehead atoms. The monoisotopic (exact) mass is 250 g/mol. The van der Waals surface area contributed by atoms with Crippen LogP contribution in [0.15, 0.2) is 36.5 Å². The van der Waals surface area contributed by atoms with Crippen molar-refractivity contribution in [3.05, 3.63) is 36.5 Å². The van der Waals surface area contributed by atoms with Crippen molar-refractivity contribution in [1.82, 2.24) is 10.6 Å². The van der Waals surface area contributed by atoms with Crippen molar-refractivity contribution in [1.29, 1.82) is 0 Å². The molecule has 2 heteroatoms. The predicted octanol–water partition coefficient (Wildman–Crippen LogP) is 3.43. The van der Waals surface area contributed by atoms with Gasteiger partial charge in [-0.2, -0.15) is 0 Å². The molecule has 2 nitrogen and oxygen atoms in total. The lowest BCUT2D eigenvalue weighted by atomic mass is 10.2. The molecular formula is C16H30N2. The van der Waals surface area contributed by atoms with Gasteiger partial charge in [0.1, 0.15) is 0 Å². The Morgan fingerprint density at radius 2 is 1.72 bits per heavy atom. The highest BCUT2D eigenvalue weighted by Gasteiger charge is 1.91. The van der Waals surface area contributed by atoms with Gasteiger partial charge in [-0.3, -0.25) is 0 Å². The van der Waals surface area contributed by atoms with Crippen molar-refractivity contribution < 1.29 is 0 Å². The van der Waals surface area contributed by atoms with Gasteiger partial charge in [0.2, 0.25) is 0 Å². The molecule has 0 aliphatic rings. The van der Waals surface area contributed by atoms with Crippen molar-refractivity contribution in [2.24, 2.45) is 0 Å². The van der Waals surface area contributed by atoms with Crippen LogP contribution in [0.5, 0.6) is 0 Å². The van der Waals surface area contributed by atoms with Crippen LogP contribution in [0.3, 0.4) is 0 Å². The SMILES string of the molecule is C=C/C=C\C=C(/C)CNCCCCCNCCC. The van der Waals surface area contributed by atoms with Gasteiger partial charge in [-0.05, 0) is 45.8 Å². The fourth-order valence-electron chi connectivity index (χ4n) is 1.62. The topological polar surface area (TPSA) is 24.1 Å². The summed E-state index contributed by atoms with van der Waals surface area (Å²) in [6, 6.07) is 0. The molecule has 0 fully saturated rings. The minimum Gasteiger partial charge on any atom is -0.317 e. The number of hydrogen-bond acceptors (Lipinski definition) is 2. The fraction of sp³-hybridized carbons (Fsp3) is 0.625. The first-order chi connectivity index (χ1) is 8.81. The molecule has 0 atom stereocenters. The summed E-state index contributed by atoms with van der Waals surface area (Å²) in [4.78, 5) is 0. The van der Waals surface area contributed by atoms with E-state index >= 15 is 0 Å². The highest BCUT2D eigenvalue weighted by Crippen LogP contribution is 1.94. The van der Waals surface area contributed by atoms with Crippen molar-refractivity contribution in [3.63, 3.8) is 0 Å². The standard InChI is InChI=1S/C16H30N2/c1-4-6-8-11-16(3)15-18-14-10-7-9-13-17-12-5-2/h4,6,8,11,17-18H,1,5,7,9-10,12-15H2,2-3H3/b8-6-,16-11+. The molecule has 0 spiro atoms. The maximum absolute atomic E-state index is 3.64. The van der Waals surface area contributed by atoms with Crippen LogP contribution in [0.1, 0.15) is 39.5 Å². The van der Waals surface area contributed by atoms with Crippen LogP contribution in [0.4, 0.5) is 0 Å². The molecule has 0 saturated heterocycles. The van der Waals surface area contributed by atoms with Gasteiger partial charge in [-0.25, -0.2) is 0 Å². The zero-order valence-corrected chi connectivity index (χ0v) is 12.2. The van der Waals surface area contributed by atoms with Gasteiger partial charge >= 0.3 is 0 Å². The molecule has 18 heavy (non-hydrogen) atoms. The first-order valence-electron chi connectivity index (χ1n) is 7.17. The summed E-state index contributed by atoms with van der Waals surface area (Å²) in [5.41, 5.74) is 1.36. The van der Waals surface area contributed by atoms with E-state index in [1.54, 1.807) is 6.08 Å². The smallest absolute Gasteiger partial charge is 0.0164 e. The fourth-order valence-corrected chi connectivity index (χ4v) is 1.62. The minimum absolute atomic E-state index is 0.982. The second-order valence-electron chi connectivity index (χ2n) is 4.62. The van der Waals surface area contributed by atoms with Crippen molar-refractivity contribution in [3.8, 4) is 0 Å². The molecule has 0 unspecified atom stereocenters. The number of unbranched alkanes of at least 4 members (excludes halogenated alkanes) is 2. The lowest BCUT2D eigenvalue weighted by Gasteiger charge is -2.05. The maximum atomic E-state index is 3.64. The molecule has 0 aromatic carbocycles. The quantitative estimate of drug-likeness (QED) is 0.409. The van der Waals surface area contributed by atoms with Crippen LogP contribution in [0.25, 0.3) is 0 Å². The lowest BCUT2D eigenvalue weighted by molar-refractivity contribution is 0.579. The summed E-state index contributed by atoms with van der Waals surface area (Å²) in [5.74, 6) is 0. The van der Waals surface area contributed by atoms with Crippen molar-refractivity contribution >= 4 is 0 Å². The van der Waals surface area contributed by atoms with E-state index in [-0.39, 0.29) is 0 Å². The Bertz CT molecular complexity index is 241. The molecule has 0 aliphatic heterocycles. The first kappa shape index (κ1) is 17.1. The Morgan fingerprint density at radius 3 is 2.39 bits per heavy atom. The lowest BCUT2D eigenvalue weighted by Crippen LogP contribution is -2.19. The molecule has 0 saturated carbocycles. The van der Waals surface area contributed by atoms with Crippen LogP contribution in [0.2, 0.25) is 0 Å². The number of allylic oxidation sites excluding steroid dienone is 4. The molecule has 0 heterocycles. The number of hydrogen-bond donors (Lipinski definition) is 2. The zero-order chi connectivity index (χ0) is 13.5. The summed E-state index contributed by atoms with van der Waals surface area (Å²) in [6.45, 7) is 12.4. The third kappa shape index (κ3) is 13.2. The van der Waals surface area contributed by atoms with E-state index in [4.69, 9.17) is 0 Å². The van der Waals surface area contributed by atoms with Crippen LogP contribution in [-0.2, 0) is 0 Å². The van der Waals surface area contributed by atoms with Crippen LogP contribution in [-0.4, -0.2) is 26.2 Å². The summed E-state index contributed by atoms with van der Waals surface area (Å²) >= 11 is 0. The second kappa shape index (κ2) is 14.2. The van der Waals surface area contributed by atoms with Gasteiger partial charge in [0.25, 0.3) is 0 Å². The van der Waals surface area contributed by atoms with Crippen molar-refractivity contribution in [2.45, 2.75) is 39.5 Å². The van der Waals surface area contributed by atoms with Gasteiger partial charge in [0.15, 0.2) is 0 Å². The number of nitrogens with one attached hydrogen (secondary N) is 2. The highest BCUT2D eigenvalue weighted by molar-refractivity contribution is 5.14. The van der Waals surface area contributed by atoms with Crippen molar-refractivity contribution in [2.75, 3.05) is 26.2 Å². The normalized spacial score (nSPS) is 12.2. The van der Waals surface area contributed by atoms with E-state index in [1.165, 1.54) is 37.8 Å². The zero-order valence-electron chi connectivity index (χ0n) is 12.2. The molecular weight excluding hydrogens is 220 g/mol. The second-order valence-corrected chi connectivity index (χ2v) is 4.62. The van der Waals surface area contributed by atoms with Gasteiger partial charge in [-0.1, -0.05) is 49.8 Å². The molecule has 0 aromatic rings. The van der Waals surface area contributed by atoms with Gasteiger partial charge < -0.3 is 10.6 Å². The Morgan fingerprint density at radius 1 is 1.00 bits per heavy atom. The highest BCUT2D eigenvalue weighted by atomic mass is 14.9. The van der Waals surface area contributed by atoms with E-state index < -0.39 is 0 Å². The molecule has 0 radical (unpaired) electrons. The van der Waals surface area contributed by atoms with Crippen LogP contribution < -0.4 is 10.6 Å². The van der Waals surface area contributed by atoms with E-state index in [1.807, 2.05) is 12.2 Å². The average molecular weight is 250 g/mol. The van der Waals surface area contributed by atoms with Gasteiger partial charge in [0, 0.05) is 6.54 Å². The maximum Gasteiger partial charge on any atom is 0.0164 e. The number of rotatable bonds is 12. The molecule has 0 aromatic heterocycles. The molecule has 0 amide bonds. The van der Waals surface area contributed by atoms with E-state index in [0.29, 0.717) is 0 Å². The predicted molar refractivity (Wildman–Crippen MR) is 83.0 cm³/mol. The third-order valence-electron chi connectivity index (χ3n) is 2.67. The molecule has 0 rings (SSSR count). The molecule has 2 N–H and O–H groups in total. The Balaban J connectivity index is 3.27. The van der Waals surface area contributed by atoms with Crippen LogP contribution in [0, 0.1) is 0 Å². The van der Waals surface area contributed by atoms with E-state index in [9.17, 15) is 0 Å². The summed E-state index contributed by atoms with van der Waals surface area (Å²) in [6.07, 6.45) is 13.0. The molecule has 104 valence electrons. The summed E-state index contributed by atoms with van der Waals surface area (Å²) in [7, 11) is 0. The Hall–Kier alpha value is -0.860. The Labute approximate surface area is 113 Å². The van der Waals surface area contributed by atoms with E-state index in [2.05, 4.69) is 37.1 Å². The molecule has 0 aliphatic carbocycles. The summed E-state index contributed by atoms with van der Waals surface area (Å²) < 4.78 is 0. The van der Waals surface area contributed by atoms with E-state index in [0.717, 1.165) is 19.6 Å².